The lowest BCUT2D eigenvalue weighted by molar-refractivity contribution is -0.117. The van der Waals surface area contributed by atoms with Crippen molar-refractivity contribution >= 4 is 23.2 Å². The number of nitrogens with one attached hydrogen (secondary N) is 2. The third-order valence-electron chi connectivity index (χ3n) is 3.98. The van der Waals surface area contributed by atoms with Gasteiger partial charge in [0.25, 0.3) is 5.91 Å². The fraction of sp³-hybridized carbons (Fsp3) is 0.263. The Kier molecular flexibility index (Phi) is 4.15. The molecule has 1 saturated carbocycles. The molecule has 4 heteroatoms. The van der Waals surface area contributed by atoms with Crippen molar-refractivity contribution in [2.45, 2.75) is 26.7 Å². The van der Waals surface area contributed by atoms with Crippen LogP contribution in [-0.4, -0.2) is 11.8 Å². The normalized spacial score (nSPS) is 13.5. The zero-order valence-corrected chi connectivity index (χ0v) is 13.3. The van der Waals surface area contributed by atoms with E-state index in [2.05, 4.69) is 10.6 Å². The number of hydrogen-bond acceptors (Lipinski definition) is 2. The number of benzene rings is 2. The zero-order chi connectivity index (χ0) is 16.4. The van der Waals surface area contributed by atoms with E-state index < -0.39 is 0 Å². The molecule has 0 bridgehead atoms. The first kappa shape index (κ1) is 15.3. The van der Waals surface area contributed by atoms with E-state index in [1.165, 1.54) is 0 Å². The smallest absolute Gasteiger partial charge is 0.255 e. The first-order chi connectivity index (χ1) is 11.0. The summed E-state index contributed by atoms with van der Waals surface area (Å²) in [5.74, 6) is 0.0622. The van der Waals surface area contributed by atoms with Crippen molar-refractivity contribution in [3.8, 4) is 0 Å². The maximum absolute atomic E-state index is 12.3. The lowest BCUT2D eigenvalue weighted by Crippen LogP contribution is -2.15. The molecule has 2 aromatic rings. The summed E-state index contributed by atoms with van der Waals surface area (Å²) in [5, 5.41) is 5.83. The van der Waals surface area contributed by atoms with Crippen molar-refractivity contribution in [2.24, 2.45) is 5.92 Å². The van der Waals surface area contributed by atoms with Gasteiger partial charge in [0.15, 0.2) is 0 Å². The van der Waals surface area contributed by atoms with E-state index in [9.17, 15) is 9.59 Å². The summed E-state index contributed by atoms with van der Waals surface area (Å²) >= 11 is 0. The number of carbonyl (C=O) groups excluding carboxylic acids is 2. The van der Waals surface area contributed by atoms with Gasteiger partial charge in [-0.05, 0) is 56.5 Å². The SMILES string of the molecule is Cc1cccc(C(=O)Nc2ccc(C)c(NC(=O)C3CC3)c2)c1. The van der Waals surface area contributed by atoms with Crippen molar-refractivity contribution in [1.82, 2.24) is 0 Å². The first-order valence-corrected chi connectivity index (χ1v) is 7.82. The maximum atomic E-state index is 12.3. The number of aryl methyl sites for hydroxylation is 2. The third-order valence-corrected chi connectivity index (χ3v) is 3.98. The molecule has 0 saturated heterocycles. The molecule has 1 aliphatic rings. The molecular formula is C19H20N2O2. The summed E-state index contributed by atoms with van der Waals surface area (Å²) < 4.78 is 0. The van der Waals surface area contributed by atoms with Crippen LogP contribution in [0.3, 0.4) is 0 Å². The van der Waals surface area contributed by atoms with E-state index in [1.54, 1.807) is 6.07 Å². The predicted octanol–water partition coefficient (Wildman–Crippen LogP) is 3.90. The van der Waals surface area contributed by atoms with Crippen LogP contribution in [0, 0.1) is 19.8 Å². The Hall–Kier alpha value is -2.62. The highest BCUT2D eigenvalue weighted by atomic mass is 16.2. The minimum absolute atomic E-state index is 0.0651. The molecule has 2 N–H and O–H groups in total. The fourth-order valence-electron chi connectivity index (χ4n) is 2.40. The fourth-order valence-corrected chi connectivity index (χ4v) is 2.40. The Balaban J connectivity index is 1.74. The first-order valence-electron chi connectivity index (χ1n) is 7.82. The van der Waals surface area contributed by atoms with Gasteiger partial charge in [-0.2, -0.15) is 0 Å². The van der Waals surface area contributed by atoms with Crippen LogP contribution in [-0.2, 0) is 4.79 Å². The molecule has 0 spiro atoms. The van der Waals surface area contributed by atoms with E-state index in [-0.39, 0.29) is 17.7 Å². The standard InChI is InChI=1S/C19H20N2O2/c1-12-4-3-5-15(10-12)19(23)20-16-9-6-13(2)17(11-16)21-18(22)14-7-8-14/h3-6,9-11,14H,7-8H2,1-2H3,(H,20,23)(H,21,22). The Morgan fingerprint density at radius 3 is 2.48 bits per heavy atom. The van der Waals surface area contributed by atoms with E-state index in [0.717, 1.165) is 29.7 Å². The Bertz CT molecular complexity index is 764. The number of rotatable bonds is 4. The van der Waals surface area contributed by atoms with Crippen LogP contribution in [0.4, 0.5) is 11.4 Å². The molecule has 3 rings (SSSR count). The molecule has 0 heterocycles. The second-order valence-corrected chi connectivity index (χ2v) is 6.12. The molecule has 2 amide bonds. The average molecular weight is 308 g/mol. The number of hydrogen-bond donors (Lipinski definition) is 2. The second-order valence-electron chi connectivity index (χ2n) is 6.12. The highest BCUT2D eigenvalue weighted by Crippen LogP contribution is 2.31. The minimum atomic E-state index is -0.156. The van der Waals surface area contributed by atoms with Gasteiger partial charge in [0.2, 0.25) is 5.91 Å². The van der Waals surface area contributed by atoms with E-state index in [4.69, 9.17) is 0 Å². The number of anilines is 2. The van der Waals surface area contributed by atoms with Crippen LogP contribution in [0.5, 0.6) is 0 Å². The van der Waals surface area contributed by atoms with Gasteiger partial charge in [-0.15, -0.1) is 0 Å². The molecule has 0 aliphatic heterocycles. The Morgan fingerprint density at radius 1 is 1.00 bits per heavy atom. The molecule has 1 fully saturated rings. The summed E-state index contributed by atoms with van der Waals surface area (Å²) in [6.07, 6.45) is 1.93. The van der Waals surface area contributed by atoms with Gasteiger partial charge in [-0.25, -0.2) is 0 Å². The van der Waals surface area contributed by atoms with Crippen molar-refractivity contribution in [2.75, 3.05) is 10.6 Å². The highest BCUT2D eigenvalue weighted by molar-refractivity contribution is 6.05. The van der Waals surface area contributed by atoms with Gasteiger partial charge in [-0.1, -0.05) is 23.8 Å². The van der Waals surface area contributed by atoms with E-state index >= 15 is 0 Å². The summed E-state index contributed by atoms with van der Waals surface area (Å²) in [6.45, 7) is 3.89. The van der Waals surface area contributed by atoms with Crippen LogP contribution < -0.4 is 10.6 Å². The van der Waals surface area contributed by atoms with Crippen LogP contribution >= 0.6 is 0 Å². The molecule has 0 unspecified atom stereocenters. The number of carbonyl (C=O) groups is 2. The molecule has 4 nitrogen and oxygen atoms in total. The number of amides is 2. The summed E-state index contributed by atoms with van der Waals surface area (Å²) in [4.78, 5) is 24.2. The molecule has 0 radical (unpaired) electrons. The highest BCUT2D eigenvalue weighted by Gasteiger charge is 2.29. The summed E-state index contributed by atoms with van der Waals surface area (Å²) in [5.41, 5.74) is 4.07. The monoisotopic (exact) mass is 308 g/mol. The van der Waals surface area contributed by atoms with E-state index in [0.29, 0.717) is 11.3 Å². The van der Waals surface area contributed by atoms with E-state index in [1.807, 2.05) is 50.2 Å². The summed E-state index contributed by atoms with van der Waals surface area (Å²) in [6, 6.07) is 13.0. The van der Waals surface area contributed by atoms with Gasteiger partial charge in [0, 0.05) is 22.9 Å². The third kappa shape index (κ3) is 3.77. The molecular weight excluding hydrogens is 288 g/mol. The van der Waals surface area contributed by atoms with Crippen LogP contribution in [0.1, 0.15) is 34.3 Å². The minimum Gasteiger partial charge on any atom is -0.326 e. The molecule has 0 atom stereocenters. The molecule has 0 aromatic heterocycles. The zero-order valence-electron chi connectivity index (χ0n) is 13.3. The van der Waals surface area contributed by atoms with Crippen LogP contribution in [0.25, 0.3) is 0 Å². The molecule has 1 aliphatic carbocycles. The van der Waals surface area contributed by atoms with Crippen molar-refractivity contribution in [3.63, 3.8) is 0 Å². The largest absolute Gasteiger partial charge is 0.326 e. The van der Waals surface area contributed by atoms with Gasteiger partial charge >= 0.3 is 0 Å². The van der Waals surface area contributed by atoms with Gasteiger partial charge in [0.05, 0.1) is 0 Å². The molecule has 118 valence electrons. The quantitative estimate of drug-likeness (QED) is 0.900. The molecule has 23 heavy (non-hydrogen) atoms. The Morgan fingerprint density at radius 2 is 1.78 bits per heavy atom. The maximum Gasteiger partial charge on any atom is 0.255 e. The van der Waals surface area contributed by atoms with Crippen molar-refractivity contribution in [1.29, 1.82) is 0 Å². The predicted molar refractivity (Wildman–Crippen MR) is 91.7 cm³/mol. The van der Waals surface area contributed by atoms with Crippen LogP contribution in [0.2, 0.25) is 0 Å². The van der Waals surface area contributed by atoms with Crippen molar-refractivity contribution in [3.05, 3.63) is 59.2 Å². The topological polar surface area (TPSA) is 58.2 Å². The average Bonchev–Trinajstić information content (AvgIpc) is 3.35. The molecule has 2 aromatic carbocycles. The van der Waals surface area contributed by atoms with Gasteiger partial charge < -0.3 is 10.6 Å². The van der Waals surface area contributed by atoms with Gasteiger partial charge in [0.1, 0.15) is 0 Å². The van der Waals surface area contributed by atoms with Crippen molar-refractivity contribution < 1.29 is 9.59 Å². The van der Waals surface area contributed by atoms with Gasteiger partial charge in [-0.3, -0.25) is 9.59 Å². The lowest BCUT2D eigenvalue weighted by Gasteiger charge is -2.11. The Labute approximate surface area is 135 Å². The second kappa shape index (κ2) is 6.24. The van der Waals surface area contributed by atoms with Crippen LogP contribution in [0.15, 0.2) is 42.5 Å². The lowest BCUT2D eigenvalue weighted by atomic mass is 10.1. The summed E-state index contributed by atoms with van der Waals surface area (Å²) in [7, 11) is 0.